The summed E-state index contributed by atoms with van der Waals surface area (Å²) in [6.07, 6.45) is 11.0. The molecule has 0 heterocycles. The van der Waals surface area contributed by atoms with Gasteiger partial charge in [0, 0.05) is 0 Å². The molecule has 0 N–H and O–H groups in total. The van der Waals surface area contributed by atoms with Crippen LogP contribution in [0.1, 0.15) is 72.1 Å². The van der Waals surface area contributed by atoms with E-state index in [1.165, 1.54) is 51.4 Å². The second kappa shape index (κ2) is 9.55. The Labute approximate surface area is 91.5 Å². The molecule has 0 aliphatic heterocycles. The molecular weight excluding hydrogens is 168 g/mol. The lowest BCUT2D eigenvalue weighted by atomic mass is 9.95. The Morgan fingerprint density at radius 1 is 0.857 bits per heavy atom. The molecule has 0 nitrogen and oxygen atoms in total. The zero-order chi connectivity index (χ0) is 10.8. The summed E-state index contributed by atoms with van der Waals surface area (Å²) in [4.78, 5) is 0. The van der Waals surface area contributed by atoms with E-state index in [0.29, 0.717) is 5.92 Å². The van der Waals surface area contributed by atoms with E-state index in [-0.39, 0.29) is 0 Å². The van der Waals surface area contributed by atoms with Crippen LogP contribution in [0.2, 0.25) is 0 Å². The SMILES string of the molecule is [CH2]C(CCCCC)CCCCC(C)C. The monoisotopic (exact) mass is 197 g/mol. The Kier molecular flexibility index (Phi) is 9.55. The van der Waals surface area contributed by atoms with Gasteiger partial charge in [-0.15, -0.1) is 0 Å². The molecule has 1 unspecified atom stereocenters. The largest absolute Gasteiger partial charge is 0.0654 e. The van der Waals surface area contributed by atoms with E-state index >= 15 is 0 Å². The second-order valence-electron chi connectivity index (χ2n) is 5.04. The Morgan fingerprint density at radius 3 is 1.86 bits per heavy atom. The van der Waals surface area contributed by atoms with Crippen molar-refractivity contribution in [3.63, 3.8) is 0 Å². The second-order valence-corrected chi connectivity index (χ2v) is 5.04. The average Bonchev–Trinajstić information content (AvgIpc) is 2.13. The molecule has 0 aromatic rings. The van der Waals surface area contributed by atoms with Crippen molar-refractivity contribution in [2.75, 3.05) is 0 Å². The smallest absolute Gasteiger partial charge is 0.0414 e. The summed E-state index contributed by atoms with van der Waals surface area (Å²) in [5, 5.41) is 0. The first-order valence-corrected chi connectivity index (χ1v) is 6.49. The van der Waals surface area contributed by atoms with E-state index in [0.717, 1.165) is 5.92 Å². The molecule has 1 atom stereocenters. The lowest BCUT2D eigenvalue weighted by Crippen LogP contribution is -1.96. The van der Waals surface area contributed by atoms with Crippen molar-refractivity contribution in [3.8, 4) is 0 Å². The van der Waals surface area contributed by atoms with E-state index in [1.807, 2.05) is 0 Å². The molecule has 0 saturated heterocycles. The summed E-state index contributed by atoms with van der Waals surface area (Å²) in [7, 11) is 0. The summed E-state index contributed by atoms with van der Waals surface area (Å²) < 4.78 is 0. The summed E-state index contributed by atoms with van der Waals surface area (Å²) >= 11 is 0. The van der Waals surface area contributed by atoms with Crippen LogP contribution < -0.4 is 0 Å². The fourth-order valence-electron chi connectivity index (χ4n) is 1.81. The Hall–Kier alpha value is 0. The zero-order valence-electron chi connectivity index (χ0n) is 10.5. The van der Waals surface area contributed by atoms with Gasteiger partial charge in [-0.1, -0.05) is 79.1 Å². The fourth-order valence-corrected chi connectivity index (χ4v) is 1.81. The Balaban J connectivity index is 3.14. The third kappa shape index (κ3) is 10.1. The number of hydrogen-bond donors (Lipinski definition) is 0. The van der Waals surface area contributed by atoms with E-state index in [4.69, 9.17) is 0 Å². The van der Waals surface area contributed by atoms with E-state index in [9.17, 15) is 0 Å². The third-order valence-corrected chi connectivity index (χ3v) is 2.86. The Morgan fingerprint density at radius 2 is 1.36 bits per heavy atom. The highest BCUT2D eigenvalue weighted by Crippen LogP contribution is 2.17. The molecule has 0 rings (SSSR count). The van der Waals surface area contributed by atoms with Gasteiger partial charge in [0.15, 0.2) is 0 Å². The van der Waals surface area contributed by atoms with Gasteiger partial charge in [-0.3, -0.25) is 0 Å². The van der Waals surface area contributed by atoms with Crippen LogP contribution in [0.25, 0.3) is 0 Å². The lowest BCUT2D eigenvalue weighted by molar-refractivity contribution is 0.455. The van der Waals surface area contributed by atoms with Gasteiger partial charge in [0.1, 0.15) is 0 Å². The molecule has 0 bridgehead atoms. The van der Waals surface area contributed by atoms with E-state index in [2.05, 4.69) is 27.7 Å². The van der Waals surface area contributed by atoms with Crippen molar-refractivity contribution >= 4 is 0 Å². The number of rotatable bonds is 9. The zero-order valence-corrected chi connectivity index (χ0v) is 10.5. The molecular formula is C14H29. The fraction of sp³-hybridized carbons (Fsp3) is 0.929. The normalized spacial score (nSPS) is 13.5. The molecule has 85 valence electrons. The molecule has 0 aromatic carbocycles. The van der Waals surface area contributed by atoms with Gasteiger partial charge in [-0.05, 0) is 11.8 Å². The van der Waals surface area contributed by atoms with Gasteiger partial charge in [-0.25, -0.2) is 0 Å². The van der Waals surface area contributed by atoms with Crippen LogP contribution in [0.3, 0.4) is 0 Å². The van der Waals surface area contributed by atoms with Crippen LogP contribution in [0.15, 0.2) is 0 Å². The predicted molar refractivity (Wildman–Crippen MR) is 66.3 cm³/mol. The minimum absolute atomic E-state index is 0.716. The van der Waals surface area contributed by atoms with Crippen molar-refractivity contribution < 1.29 is 0 Å². The molecule has 14 heavy (non-hydrogen) atoms. The van der Waals surface area contributed by atoms with E-state index in [1.54, 1.807) is 0 Å². The lowest BCUT2D eigenvalue weighted by Gasteiger charge is -2.11. The highest BCUT2D eigenvalue weighted by atomic mass is 14.1. The minimum Gasteiger partial charge on any atom is -0.0654 e. The molecule has 0 heteroatoms. The summed E-state index contributed by atoms with van der Waals surface area (Å²) in [5.41, 5.74) is 0. The maximum absolute atomic E-state index is 4.23. The van der Waals surface area contributed by atoms with Crippen LogP contribution >= 0.6 is 0 Å². The van der Waals surface area contributed by atoms with Crippen LogP contribution in [-0.4, -0.2) is 0 Å². The van der Waals surface area contributed by atoms with Gasteiger partial charge in [0.05, 0.1) is 0 Å². The highest BCUT2D eigenvalue weighted by Gasteiger charge is 2.02. The Bertz CT molecular complexity index is 105. The van der Waals surface area contributed by atoms with Crippen LogP contribution in [0, 0.1) is 18.8 Å². The topological polar surface area (TPSA) is 0 Å². The van der Waals surface area contributed by atoms with Crippen LogP contribution in [0.4, 0.5) is 0 Å². The van der Waals surface area contributed by atoms with Crippen molar-refractivity contribution in [1.82, 2.24) is 0 Å². The van der Waals surface area contributed by atoms with Crippen molar-refractivity contribution in [2.24, 2.45) is 11.8 Å². The molecule has 0 aliphatic carbocycles. The van der Waals surface area contributed by atoms with Gasteiger partial charge >= 0.3 is 0 Å². The molecule has 1 radical (unpaired) electrons. The summed E-state index contributed by atoms with van der Waals surface area (Å²) in [5.74, 6) is 1.59. The van der Waals surface area contributed by atoms with Gasteiger partial charge in [-0.2, -0.15) is 0 Å². The molecule has 0 spiro atoms. The minimum atomic E-state index is 0.716. The quantitative estimate of drug-likeness (QED) is 0.444. The van der Waals surface area contributed by atoms with Gasteiger partial charge in [0.25, 0.3) is 0 Å². The van der Waals surface area contributed by atoms with Crippen molar-refractivity contribution in [1.29, 1.82) is 0 Å². The molecule has 0 amide bonds. The first-order valence-electron chi connectivity index (χ1n) is 6.49. The van der Waals surface area contributed by atoms with Crippen LogP contribution in [-0.2, 0) is 0 Å². The average molecular weight is 197 g/mol. The van der Waals surface area contributed by atoms with Crippen LogP contribution in [0.5, 0.6) is 0 Å². The molecule has 0 fully saturated rings. The maximum Gasteiger partial charge on any atom is -0.0414 e. The molecule has 0 aliphatic rings. The van der Waals surface area contributed by atoms with Gasteiger partial charge in [0.2, 0.25) is 0 Å². The van der Waals surface area contributed by atoms with E-state index < -0.39 is 0 Å². The first kappa shape index (κ1) is 14.0. The number of hydrogen-bond acceptors (Lipinski definition) is 0. The molecule has 0 aromatic heterocycles. The van der Waals surface area contributed by atoms with Crippen molar-refractivity contribution in [2.45, 2.75) is 72.1 Å². The first-order chi connectivity index (χ1) is 6.66. The van der Waals surface area contributed by atoms with Gasteiger partial charge < -0.3 is 0 Å². The third-order valence-electron chi connectivity index (χ3n) is 2.86. The summed E-state index contributed by atoms with van der Waals surface area (Å²) in [6, 6.07) is 0. The maximum atomic E-state index is 4.23. The highest BCUT2D eigenvalue weighted by molar-refractivity contribution is 4.62. The predicted octanol–water partition coefficient (Wildman–Crippen LogP) is 5.23. The summed E-state index contributed by atoms with van der Waals surface area (Å²) in [6.45, 7) is 11.1. The standard InChI is InChI=1S/C14H29/c1-5-6-7-11-14(4)12-9-8-10-13(2)3/h13-14H,4-12H2,1-3H3. The molecule has 0 saturated carbocycles. The number of unbranched alkanes of at least 4 members (excludes halogenated alkanes) is 3. The van der Waals surface area contributed by atoms with Crippen molar-refractivity contribution in [3.05, 3.63) is 6.92 Å².